The first kappa shape index (κ1) is 28.9. The van der Waals surface area contributed by atoms with E-state index >= 15 is 0 Å². The average molecular weight is 458 g/mol. The number of rotatable bonds is 4. The lowest BCUT2D eigenvalue weighted by atomic mass is 10.00. The van der Waals surface area contributed by atoms with Gasteiger partial charge in [-0.3, -0.25) is 15.0 Å². The molecular formula is C26H47N7. The monoisotopic (exact) mass is 457 g/mol. The quantitative estimate of drug-likeness (QED) is 0.561. The van der Waals surface area contributed by atoms with Crippen molar-refractivity contribution in [2.45, 2.75) is 99.8 Å². The summed E-state index contributed by atoms with van der Waals surface area (Å²) in [5.41, 5.74) is 4.16. The van der Waals surface area contributed by atoms with Gasteiger partial charge in [-0.05, 0) is 49.9 Å². The molecule has 0 radical (unpaired) electrons. The Balaban J connectivity index is 0.000000220. The molecule has 0 unspecified atom stereocenters. The van der Waals surface area contributed by atoms with E-state index in [1.54, 1.807) is 0 Å². The highest BCUT2D eigenvalue weighted by Crippen LogP contribution is 2.12. The van der Waals surface area contributed by atoms with Crippen LogP contribution in [0.1, 0.15) is 106 Å². The molecule has 3 aliphatic heterocycles. The maximum atomic E-state index is 4.45. The maximum Gasteiger partial charge on any atom is 0.177 e. The summed E-state index contributed by atoms with van der Waals surface area (Å²) in [5, 5.41) is 13.3. The van der Waals surface area contributed by atoms with E-state index in [2.05, 4.69) is 83.2 Å². The van der Waals surface area contributed by atoms with Crippen LogP contribution in [0.15, 0.2) is 27.3 Å². The van der Waals surface area contributed by atoms with E-state index in [0.717, 1.165) is 25.3 Å². The molecule has 3 aliphatic rings. The van der Waals surface area contributed by atoms with Gasteiger partial charge in [-0.2, -0.15) is 5.21 Å². The second-order valence-corrected chi connectivity index (χ2v) is 9.90. The van der Waals surface area contributed by atoms with Gasteiger partial charge in [-0.25, -0.2) is 0 Å². The molecule has 0 saturated heterocycles. The van der Waals surface area contributed by atoms with Crippen LogP contribution < -0.4 is 0 Å². The van der Waals surface area contributed by atoms with Crippen LogP contribution in [0.5, 0.6) is 0 Å². The van der Waals surface area contributed by atoms with E-state index in [0.29, 0.717) is 23.7 Å². The molecule has 4 rings (SSSR count). The summed E-state index contributed by atoms with van der Waals surface area (Å²) in [5.74, 6) is 3.14. The van der Waals surface area contributed by atoms with Gasteiger partial charge < -0.3 is 0 Å². The van der Waals surface area contributed by atoms with Crippen molar-refractivity contribution in [1.29, 1.82) is 0 Å². The number of hydrogen-bond donors (Lipinski definition) is 1. The molecule has 1 aromatic rings. The van der Waals surface area contributed by atoms with E-state index in [1.165, 1.54) is 49.2 Å². The highest BCUT2D eigenvalue weighted by atomic mass is 15.5. The van der Waals surface area contributed by atoms with Crippen LogP contribution >= 0.6 is 0 Å². The van der Waals surface area contributed by atoms with E-state index in [9.17, 15) is 0 Å². The molecule has 1 aromatic heterocycles. The lowest BCUT2D eigenvalue weighted by Crippen LogP contribution is -2.12. The van der Waals surface area contributed by atoms with E-state index < -0.39 is 0 Å². The normalized spacial score (nSPS) is 17.0. The number of aromatic nitrogens is 4. The summed E-state index contributed by atoms with van der Waals surface area (Å²) in [6.45, 7) is 19.4. The Hall–Kier alpha value is -2.18. The van der Waals surface area contributed by atoms with Crippen molar-refractivity contribution in [1.82, 2.24) is 20.6 Å². The molecule has 33 heavy (non-hydrogen) atoms. The minimum atomic E-state index is 0.369. The number of aromatic amines is 1. The SMILES string of the molecule is CC(C)C1=NC=CC1.CC(C)C1=NCCC1.CC(C)C1=NCCCC1.CC(C)c1nn[nH]n1. The first-order chi connectivity index (χ1) is 15.7. The first-order valence-electron chi connectivity index (χ1n) is 12.7. The van der Waals surface area contributed by atoms with Crippen molar-refractivity contribution in [3.8, 4) is 0 Å². The van der Waals surface area contributed by atoms with Crippen LogP contribution in [-0.2, 0) is 0 Å². The molecule has 0 bridgehead atoms. The number of allylic oxidation sites excluding steroid dienone is 1. The lowest BCUT2D eigenvalue weighted by Gasteiger charge is -2.13. The van der Waals surface area contributed by atoms with Gasteiger partial charge in [-0.1, -0.05) is 66.7 Å². The predicted octanol–water partition coefficient (Wildman–Crippen LogP) is 6.47. The Morgan fingerprint density at radius 1 is 0.697 bits per heavy atom. The molecule has 186 valence electrons. The van der Waals surface area contributed by atoms with Crippen LogP contribution in [0.25, 0.3) is 0 Å². The molecule has 0 fully saturated rings. The maximum absolute atomic E-state index is 4.45. The zero-order valence-corrected chi connectivity index (χ0v) is 22.3. The average Bonchev–Trinajstić information content (AvgIpc) is 3.59. The molecule has 0 aliphatic carbocycles. The molecule has 1 N–H and O–H groups in total. The molecular weight excluding hydrogens is 410 g/mol. The fourth-order valence-electron chi connectivity index (χ4n) is 3.40. The molecule has 7 nitrogen and oxygen atoms in total. The summed E-state index contributed by atoms with van der Waals surface area (Å²) in [6, 6.07) is 0. The Kier molecular flexibility index (Phi) is 14.4. The van der Waals surface area contributed by atoms with Crippen LogP contribution in [0.2, 0.25) is 0 Å². The topological polar surface area (TPSA) is 91.5 Å². The number of nitrogens with one attached hydrogen (secondary N) is 1. The highest BCUT2D eigenvalue weighted by Gasteiger charge is 2.09. The minimum absolute atomic E-state index is 0.369. The summed E-state index contributed by atoms with van der Waals surface area (Å²) >= 11 is 0. The molecule has 7 heteroatoms. The van der Waals surface area contributed by atoms with Gasteiger partial charge in [-0.15, -0.1) is 10.2 Å². The van der Waals surface area contributed by atoms with Crippen LogP contribution in [0.3, 0.4) is 0 Å². The number of tetrazole rings is 1. The third-order valence-electron chi connectivity index (χ3n) is 5.61. The molecule has 0 aromatic carbocycles. The van der Waals surface area contributed by atoms with Crippen molar-refractivity contribution in [2.75, 3.05) is 13.1 Å². The Morgan fingerprint density at radius 2 is 1.27 bits per heavy atom. The number of H-pyrrole nitrogens is 1. The van der Waals surface area contributed by atoms with E-state index in [-0.39, 0.29) is 0 Å². The Bertz CT molecular complexity index is 748. The van der Waals surface area contributed by atoms with E-state index in [4.69, 9.17) is 0 Å². The lowest BCUT2D eigenvalue weighted by molar-refractivity contribution is 0.696. The van der Waals surface area contributed by atoms with E-state index in [1.807, 2.05) is 20.0 Å². The van der Waals surface area contributed by atoms with Crippen molar-refractivity contribution in [3.05, 3.63) is 18.1 Å². The van der Waals surface area contributed by atoms with Gasteiger partial charge in [0.25, 0.3) is 0 Å². The Labute approximate surface area is 201 Å². The number of aliphatic imine (C=N–C) groups is 3. The zero-order chi connectivity index (χ0) is 24.6. The number of hydrogen-bond acceptors (Lipinski definition) is 6. The summed E-state index contributed by atoms with van der Waals surface area (Å²) in [7, 11) is 0. The van der Waals surface area contributed by atoms with Crippen LogP contribution in [-0.4, -0.2) is 50.8 Å². The van der Waals surface area contributed by atoms with Gasteiger partial charge in [0.15, 0.2) is 5.82 Å². The molecule has 0 spiro atoms. The van der Waals surface area contributed by atoms with Crippen LogP contribution in [0.4, 0.5) is 0 Å². The van der Waals surface area contributed by atoms with Gasteiger partial charge in [0, 0.05) is 48.8 Å². The van der Waals surface area contributed by atoms with Crippen molar-refractivity contribution < 1.29 is 0 Å². The molecule has 0 atom stereocenters. The fourth-order valence-corrected chi connectivity index (χ4v) is 3.40. The number of nitrogens with zero attached hydrogens (tertiary/aromatic N) is 6. The fraction of sp³-hybridized carbons (Fsp3) is 0.769. The zero-order valence-electron chi connectivity index (χ0n) is 22.3. The second-order valence-electron chi connectivity index (χ2n) is 9.90. The van der Waals surface area contributed by atoms with Gasteiger partial charge >= 0.3 is 0 Å². The van der Waals surface area contributed by atoms with Gasteiger partial charge in [0.05, 0.1) is 0 Å². The Morgan fingerprint density at radius 3 is 1.55 bits per heavy atom. The summed E-state index contributed by atoms with van der Waals surface area (Å²) in [4.78, 5) is 13.0. The van der Waals surface area contributed by atoms with Crippen molar-refractivity contribution >= 4 is 17.1 Å². The third kappa shape index (κ3) is 12.6. The van der Waals surface area contributed by atoms with Crippen molar-refractivity contribution in [3.63, 3.8) is 0 Å². The largest absolute Gasteiger partial charge is 0.294 e. The molecule has 0 saturated carbocycles. The molecule has 4 heterocycles. The smallest absolute Gasteiger partial charge is 0.177 e. The summed E-state index contributed by atoms with van der Waals surface area (Å²) in [6.07, 6.45) is 11.5. The minimum Gasteiger partial charge on any atom is -0.294 e. The van der Waals surface area contributed by atoms with Crippen molar-refractivity contribution in [2.24, 2.45) is 32.7 Å². The van der Waals surface area contributed by atoms with Gasteiger partial charge in [0.2, 0.25) is 0 Å². The molecule has 0 amide bonds. The standard InChI is InChI=1S/C8H15N.C7H13N.C7H11N.C4H8N4/c1-7(2)8-5-3-4-6-9-8;2*1-6(2)7-4-3-5-8-7;1-3(2)4-5-7-8-6-4/h7H,3-6H2,1-2H3;6H,3-5H2,1-2H3;3,5-6H,4H2,1-2H3;3H,1-2H3,(H,5,6,7,8). The van der Waals surface area contributed by atoms with Crippen LogP contribution in [0, 0.1) is 17.8 Å². The van der Waals surface area contributed by atoms with Gasteiger partial charge in [0.1, 0.15) is 0 Å². The first-order valence-corrected chi connectivity index (χ1v) is 12.7. The third-order valence-corrected chi connectivity index (χ3v) is 5.61. The second kappa shape index (κ2) is 16.4. The predicted molar refractivity (Wildman–Crippen MR) is 142 cm³/mol. The highest BCUT2D eigenvalue weighted by molar-refractivity contribution is 5.89. The summed E-state index contributed by atoms with van der Waals surface area (Å²) < 4.78 is 0.